The first kappa shape index (κ1) is 13.8. The summed E-state index contributed by atoms with van der Waals surface area (Å²) >= 11 is 0. The molecule has 19 heavy (non-hydrogen) atoms. The van der Waals surface area contributed by atoms with Crippen LogP contribution in [-0.2, 0) is 10.4 Å². The Bertz CT molecular complexity index is 486. The molecule has 1 heterocycles. The van der Waals surface area contributed by atoms with Gasteiger partial charge in [0.15, 0.2) is 0 Å². The molecule has 2 N–H and O–H groups in total. The zero-order valence-electron chi connectivity index (χ0n) is 11.6. The van der Waals surface area contributed by atoms with Gasteiger partial charge in [0.25, 0.3) is 0 Å². The van der Waals surface area contributed by atoms with E-state index in [1.165, 1.54) is 0 Å². The summed E-state index contributed by atoms with van der Waals surface area (Å²) in [6.07, 6.45) is 0.368. The maximum absolute atomic E-state index is 11.8. The standard InChI is InChI=1S/C14H20N2O3/c1-14(18,9-15-2)10-4-5-12-11(8-10)16(3)13(17)6-7-19-12/h4-5,8,15,18H,6-7,9H2,1-3H3. The highest BCUT2D eigenvalue weighted by atomic mass is 16.5. The Labute approximate surface area is 113 Å². The van der Waals surface area contributed by atoms with Gasteiger partial charge in [-0.15, -0.1) is 0 Å². The maximum atomic E-state index is 11.8. The van der Waals surface area contributed by atoms with Gasteiger partial charge in [-0.3, -0.25) is 4.79 Å². The topological polar surface area (TPSA) is 61.8 Å². The summed E-state index contributed by atoms with van der Waals surface area (Å²) in [4.78, 5) is 13.4. The van der Waals surface area contributed by atoms with Crippen LogP contribution in [0.3, 0.4) is 0 Å². The minimum Gasteiger partial charge on any atom is -0.491 e. The van der Waals surface area contributed by atoms with Gasteiger partial charge in [0.05, 0.1) is 24.3 Å². The van der Waals surface area contributed by atoms with E-state index in [0.717, 1.165) is 5.56 Å². The number of aliphatic hydroxyl groups is 1. The first-order valence-electron chi connectivity index (χ1n) is 6.36. The van der Waals surface area contributed by atoms with Gasteiger partial charge in [-0.25, -0.2) is 0 Å². The van der Waals surface area contributed by atoms with Crippen molar-refractivity contribution in [2.24, 2.45) is 0 Å². The van der Waals surface area contributed by atoms with Crippen LogP contribution < -0.4 is 15.0 Å². The normalized spacial score (nSPS) is 18.3. The molecule has 0 fully saturated rings. The number of carbonyl (C=O) groups excluding carboxylic acids is 1. The van der Waals surface area contributed by atoms with Crippen molar-refractivity contribution in [3.05, 3.63) is 23.8 Å². The summed E-state index contributed by atoms with van der Waals surface area (Å²) in [6.45, 7) is 2.57. The fourth-order valence-electron chi connectivity index (χ4n) is 2.23. The number of benzene rings is 1. The van der Waals surface area contributed by atoms with Crippen molar-refractivity contribution in [3.8, 4) is 5.75 Å². The van der Waals surface area contributed by atoms with E-state index >= 15 is 0 Å². The summed E-state index contributed by atoms with van der Waals surface area (Å²) < 4.78 is 5.56. The van der Waals surface area contributed by atoms with E-state index < -0.39 is 5.60 Å². The van der Waals surface area contributed by atoms with Gasteiger partial charge < -0.3 is 20.1 Å². The summed E-state index contributed by atoms with van der Waals surface area (Å²) in [6, 6.07) is 5.46. The number of ether oxygens (including phenoxy) is 1. The summed E-state index contributed by atoms with van der Waals surface area (Å²) in [5, 5.41) is 13.4. The van der Waals surface area contributed by atoms with Crippen molar-refractivity contribution in [1.29, 1.82) is 0 Å². The molecule has 0 aliphatic carbocycles. The van der Waals surface area contributed by atoms with Gasteiger partial charge in [0, 0.05) is 13.6 Å². The van der Waals surface area contributed by atoms with Crippen molar-refractivity contribution >= 4 is 11.6 Å². The summed E-state index contributed by atoms with van der Waals surface area (Å²) in [7, 11) is 3.52. The van der Waals surface area contributed by atoms with Gasteiger partial charge in [-0.2, -0.15) is 0 Å². The molecule has 0 spiro atoms. The molecule has 1 aliphatic heterocycles. The highest BCUT2D eigenvalue weighted by molar-refractivity contribution is 5.95. The lowest BCUT2D eigenvalue weighted by atomic mass is 9.95. The third-order valence-corrected chi connectivity index (χ3v) is 3.41. The van der Waals surface area contributed by atoms with Crippen LogP contribution in [0.1, 0.15) is 18.9 Å². The van der Waals surface area contributed by atoms with Crippen molar-refractivity contribution < 1.29 is 14.6 Å². The minimum atomic E-state index is -0.986. The van der Waals surface area contributed by atoms with Crippen LogP contribution in [0.2, 0.25) is 0 Å². The highest BCUT2D eigenvalue weighted by Crippen LogP contribution is 2.34. The number of nitrogens with one attached hydrogen (secondary N) is 1. The van der Waals surface area contributed by atoms with Gasteiger partial charge >= 0.3 is 0 Å². The molecule has 0 aromatic heterocycles. The van der Waals surface area contributed by atoms with E-state index in [0.29, 0.717) is 31.0 Å². The smallest absolute Gasteiger partial charge is 0.230 e. The number of hydrogen-bond acceptors (Lipinski definition) is 4. The average Bonchev–Trinajstić information content (AvgIpc) is 2.50. The second-order valence-electron chi connectivity index (χ2n) is 5.04. The van der Waals surface area contributed by atoms with Gasteiger partial charge in [0.2, 0.25) is 5.91 Å². The van der Waals surface area contributed by atoms with Gasteiger partial charge in [-0.05, 0) is 31.7 Å². The molecule has 1 amide bonds. The van der Waals surface area contributed by atoms with Crippen LogP contribution in [0.4, 0.5) is 5.69 Å². The molecule has 5 heteroatoms. The van der Waals surface area contributed by atoms with Crippen LogP contribution >= 0.6 is 0 Å². The molecule has 1 aromatic rings. The fraction of sp³-hybridized carbons (Fsp3) is 0.500. The molecule has 1 aromatic carbocycles. The lowest BCUT2D eigenvalue weighted by Gasteiger charge is -2.26. The van der Waals surface area contributed by atoms with Crippen LogP contribution in [0, 0.1) is 0 Å². The summed E-state index contributed by atoms with van der Waals surface area (Å²) in [5.41, 5.74) is 0.474. The molecular weight excluding hydrogens is 244 g/mol. The van der Waals surface area contributed by atoms with E-state index in [1.807, 2.05) is 18.2 Å². The summed E-state index contributed by atoms with van der Waals surface area (Å²) in [5.74, 6) is 0.696. The fourth-order valence-corrected chi connectivity index (χ4v) is 2.23. The minimum absolute atomic E-state index is 0.0177. The predicted octanol–water partition coefficient (Wildman–Crippen LogP) is 0.859. The Hall–Kier alpha value is -1.59. The number of carbonyl (C=O) groups is 1. The Balaban J connectivity index is 2.42. The quantitative estimate of drug-likeness (QED) is 0.850. The zero-order valence-corrected chi connectivity index (χ0v) is 11.6. The van der Waals surface area contributed by atoms with E-state index in [4.69, 9.17) is 4.74 Å². The lowest BCUT2D eigenvalue weighted by Crippen LogP contribution is -2.34. The molecular formula is C14H20N2O3. The van der Waals surface area contributed by atoms with Crippen molar-refractivity contribution in [2.45, 2.75) is 18.9 Å². The van der Waals surface area contributed by atoms with Crippen LogP contribution in [0.5, 0.6) is 5.75 Å². The molecule has 1 unspecified atom stereocenters. The van der Waals surface area contributed by atoms with Crippen molar-refractivity contribution in [2.75, 3.05) is 32.1 Å². The SMILES string of the molecule is CNCC(C)(O)c1ccc2c(c1)N(C)C(=O)CCO2. The number of amides is 1. The van der Waals surface area contributed by atoms with Crippen LogP contribution in [-0.4, -0.2) is 38.3 Å². The van der Waals surface area contributed by atoms with E-state index in [1.54, 1.807) is 25.9 Å². The number of anilines is 1. The maximum Gasteiger partial charge on any atom is 0.230 e. The first-order valence-corrected chi connectivity index (χ1v) is 6.36. The molecule has 5 nitrogen and oxygen atoms in total. The van der Waals surface area contributed by atoms with E-state index in [9.17, 15) is 9.90 Å². The number of rotatable bonds is 3. The van der Waals surface area contributed by atoms with E-state index in [2.05, 4.69) is 5.32 Å². The Morgan fingerprint density at radius 1 is 1.53 bits per heavy atom. The zero-order chi connectivity index (χ0) is 14.0. The molecule has 0 saturated carbocycles. The third-order valence-electron chi connectivity index (χ3n) is 3.41. The first-order chi connectivity index (χ1) is 8.95. The number of nitrogens with zero attached hydrogens (tertiary/aromatic N) is 1. The second-order valence-corrected chi connectivity index (χ2v) is 5.04. The van der Waals surface area contributed by atoms with Gasteiger partial charge in [-0.1, -0.05) is 6.07 Å². The van der Waals surface area contributed by atoms with Crippen molar-refractivity contribution in [1.82, 2.24) is 5.32 Å². The number of likely N-dealkylation sites (N-methyl/N-ethyl adjacent to an activating group) is 1. The Kier molecular flexibility index (Phi) is 3.78. The molecule has 0 saturated heterocycles. The largest absolute Gasteiger partial charge is 0.491 e. The van der Waals surface area contributed by atoms with Gasteiger partial charge in [0.1, 0.15) is 5.75 Å². The van der Waals surface area contributed by atoms with Crippen LogP contribution in [0.25, 0.3) is 0 Å². The molecule has 2 rings (SSSR count). The number of fused-ring (bicyclic) bond motifs is 1. The predicted molar refractivity (Wildman–Crippen MR) is 73.5 cm³/mol. The average molecular weight is 264 g/mol. The van der Waals surface area contributed by atoms with Crippen molar-refractivity contribution in [3.63, 3.8) is 0 Å². The lowest BCUT2D eigenvalue weighted by molar-refractivity contribution is -0.118. The molecule has 0 bridgehead atoms. The Morgan fingerprint density at radius 3 is 2.95 bits per heavy atom. The Morgan fingerprint density at radius 2 is 2.26 bits per heavy atom. The second kappa shape index (κ2) is 5.19. The van der Waals surface area contributed by atoms with Crippen LogP contribution in [0.15, 0.2) is 18.2 Å². The molecule has 104 valence electrons. The highest BCUT2D eigenvalue weighted by Gasteiger charge is 2.26. The third kappa shape index (κ3) is 2.72. The molecule has 1 atom stereocenters. The number of hydrogen-bond donors (Lipinski definition) is 2. The molecule has 0 radical (unpaired) electrons. The molecule has 1 aliphatic rings. The van der Waals surface area contributed by atoms with E-state index in [-0.39, 0.29) is 5.91 Å². The monoisotopic (exact) mass is 264 g/mol.